The summed E-state index contributed by atoms with van der Waals surface area (Å²) in [7, 11) is 0. The van der Waals surface area contributed by atoms with Gasteiger partial charge in [-0.2, -0.15) is 0 Å². The molecule has 2 aromatic heterocycles. The topological polar surface area (TPSA) is 88.1 Å². The minimum absolute atomic E-state index is 0. The highest BCUT2D eigenvalue weighted by Crippen LogP contribution is 2.08. The number of H-pyrrole nitrogens is 1. The standard InChI is InChI=1S/C9H7N.C8H8O3.C3H4N2.ClH/c1-2-6-9-8(4-1)5-3-7-10-9;9-8(10)6-11-7-4-2-1-3-5-7;1-2-5-3-4-1;/h1-7H;1-5H,6H2,(H,9,10);1-3H,(H,4,5);1H. The maximum absolute atomic E-state index is 10.0. The molecule has 27 heavy (non-hydrogen) atoms. The predicted molar refractivity (Wildman–Crippen MR) is 107 cm³/mol. The fourth-order valence-electron chi connectivity index (χ4n) is 1.89. The summed E-state index contributed by atoms with van der Waals surface area (Å²) >= 11 is 0. The number of nitrogens with one attached hydrogen (secondary N) is 1. The van der Waals surface area contributed by atoms with Crippen LogP contribution in [0.4, 0.5) is 0 Å². The van der Waals surface area contributed by atoms with Crippen LogP contribution < -0.4 is 4.74 Å². The van der Waals surface area contributed by atoms with Gasteiger partial charge in [0.15, 0.2) is 6.61 Å². The number of carboxylic acid groups (broad SMARTS) is 1. The van der Waals surface area contributed by atoms with E-state index in [0.29, 0.717) is 5.75 Å². The van der Waals surface area contributed by atoms with Crippen molar-refractivity contribution in [2.75, 3.05) is 6.61 Å². The van der Waals surface area contributed by atoms with Gasteiger partial charge in [0.05, 0.1) is 11.8 Å². The van der Waals surface area contributed by atoms with Gasteiger partial charge in [-0.25, -0.2) is 9.78 Å². The van der Waals surface area contributed by atoms with Crippen LogP contribution in [0.5, 0.6) is 5.75 Å². The normalized spacial score (nSPS) is 8.89. The molecule has 0 radical (unpaired) electrons. The molecule has 0 spiro atoms. The van der Waals surface area contributed by atoms with Crippen molar-refractivity contribution in [3.05, 3.63) is 91.6 Å². The van der Waals surface area contributed by atoms with Gasteiger partial charge in [0.25, 0.3) is 0 Å². The van der Waals surface area contributed by atoms with E-state index in [0.717, 1.165) is 5.52 Å². The van der Waals surface area contributed by atoms with Gasteiger partial charge in [0.1, 0.15) is 5.75 Å². The van der Waals surface area contributed by atoms with Crippen molar-refractivity contribution in [1.82, 2.24) is 15.0 Å². The van der Waals surface area contributed by atoms with Crippen LogP contribution in [-0.2, 0) is 4.79 Å². The van der Waals surface area contributed by atoms with Gasteiger partial charge in [-0.1, -0.05) is 42.5 Å². The third-order valence-corrected chi connectivity index (χ3v) is 3.02. The number of imidazole rings is 1. The Morgan fingerprint density at radius 3 is 2.26 bits per heavy atom. The number of aliphatic carboxylic acids is 1. The molecule has 0 aliphatic rings. The van der Waals surface area contributed by atoms with Crippen LogP contribution in [0.3, 0.4) is 0 Å². The summed E-state index contributed by atoms with van der Waals surface area (Å²) in [6.07, 6.45) is 6.89. The zero-order valence-corrected chi connectivity index (χ0v) is 15.3. The molecule has 0 bridgehead atoms. The molecule has 0 aliphatic carbocycles. The number of rotatable bonds is 3. The largest absolute Gasteiger partial charge is 0.482 e. The maximum atomic E-state index is 10.0. The molecule has 4 rings (SSSR count). The first-order chi connectivity index (χ1) is 12.8. The molecule has 0 aliphatic heterocycles. The Kier molecular flexibility index (Phi) is 10.4. The van der Waals surface area contributed by atoms with Crippen LogP contribution in [0.25, 0.3) is 10.9 Å². The second-order valence-corrected chi connectivity index (χ2v) is 4.95. The summed E-state index contributed by atoms with van der Waals surface area (Å²) in [4.78, 5) is 20.6. The van der Waals surface area contributed by atoms with Crippen LogP contribution in [0.1, 0.15) is 0 Å². The lowest BCUT2D eigenvalue weighted by molar-refractivity contribution is -0.139. The van der Waals surface area contributed by atoms with Gasteiger partial charge in [0, 0.05) is 24.0 Å². The van der Waals surface area contributed by atoms with Gasteiger partial charge in [-0.05, 0) is 24.3 Å². The number of halogens is 1. The Morgan fingerprint density at radius 1 is 0.963 bits per heavy atom. The lowest BCUT2D eigenvalue weighted by Gasteiger charge is -2.00. The van der Waals surface area contributed by atoms with Crippen LogP contribution in [-0.4, -0.2) is 32.6 Å². The molecule has 4 aromatic rings. The molecule has 0 saturated carbocycles. The summed E-state index contributed by atoms with van der Waals surface area (Å²) in [5.41, 5.74) is 1.06. The van der Waals surface area contributed by atoms with Crippen molar-refractivity contribution in [2.24, 2.45) is 0 Å². The molecule has 6 nitrogen and oxygen atoms in total. The molecule has 2 heterocycles. The molecular weight excluding hydrogens is 366 g/mol. The first-order valence-corrected chi connectivity index (χ1v) is 7.88. The number of aromatic amines is 1. The van der Waals surface area contributed by atoms with Crippen LogP contribution in [0.15, 0.2) is 91.6 Å². The van der Waals surface area contributed by atoms with Crippen molar-refractivity contribution in [3.8, 4) is 5.75 Å². The summed E-state index contributed by atoms with van der Waals surface area (Å²) < 4.78 is 4.87. The number of pyridine rings is 1. The Labute approximate surface area is 163 Å². The number of nitrogens with zero attached hydrogens (tertiary/aromatic N) is 2. The highest BCUT2D eigenvalue weighted by Gasteiger charge is 1.96. The van der Waals surface area contributed by atoms with Gasteiger partial charge in [-0.15, -0.1) is 12.4 Å². The molecular formula is C20H20ClN3O3. The second-order valence-electron chi connectivity index (χ2n) is 4.95. The van der Waals surface area contributed by atoms with Crippen molar-refractivity contribution in [3.63, 3.8) is 0 Å². The highest BCUT2D eigenvalue weighted by atomic mass is 35.5. The van der Waals surface area contributed by atoms with Crippen molar-refractivity contribution >= 4 is 29.3 Å². The van der Waals surface area contributed by atoms with Crippen LogP contribution >= 0.6 is 12.4 Å². The monoisotopic (exact) mass is 385 g/mol. The molecule has 0 amide bonds. The number of hydrogen-bond donors (Lipinski definition) is 2. The van der Waals surface area contributed by atoms with E-state index in [2.05, 4.69) is 27.1 Å². The average molecular weight is 386 g/mol. The van der Waals surface area contributed by atoms with Crippen LogP contribution in [0.2, 0.25) is 0 Å². The molecule has 0 unspecified atom stereocenters. The van der Waals surface area contributed by atoms with Crippen LogP contribution in [0, 0.1) is 0 Å². The third kappa shape index (κ3) is 9.04. The number of benzene rings is 2. The van der Waals surface area contributed by atoms with Crippen molar-refractivity contribution in [2.45, 2.75) is 0 Å². The predicted octanol–water partition coefficient (Wildman–Crippen LogP) is 4.22. The van der Waals surface area contributed by atoms with E-state index in [-0.39, 0.29) is 19.0 Å². The quantitative estimate of drug-likeness (QED) is 0.551. The number of para-hydroxylation sites is 2. The molecule has 2 aromatic carbocycles. The molecule has 2 N–H and O–H groups in total. The van der Waals surface area contributed by atoms with Gasteiger partial charge < -0.3 is 14.8 Å². The van der Waals surface area contributed by atoms with Crippen molar-refractivity contribution < 1.29 is 14.6 Å². The highest BCUT2D eigenvalue weighted by molar-refractivity contribution is 5.85. The number of aromatic nitrogens is 3. The number of hydrogen-bond acceptors (Lipinski definition) is 4. The summed E-state index contributed by atoms with van der Waals surface area (Å²) in [5.74, 6) is -0.385. The summed E-state index contributed by atoms with van der Waals surface area (Å²) in [6.45, 7) is -0.288. The van der Waals surface area contributed by atoms with E-state index < -0.39 is 5.97 Å². The Balaban J connectivity index is 0.000000211. The first-order valence-electron chi connectivity index (χ1n) is 7.88. The number of carboxylic acids is 1. The molecule has 140 valence electrons. The minimum atomic E-state index is -0.964. The zero-order chi connectivity index (χ0) is 18.5. The molecule has 0 fully saturated rings. The summed E-state index contributed by atoms with van der Waals surface area (Å²) in [6, 6.07) is 20.9. The number of fused-ring (bicyclic) bond motifs is 1. The van der Waals surface area contributed by atoms with E-state index in [4.69, 9.17) is 9.84 Å². The van der Waals surface area contributed by atoms with Gasteiger partial charge in [0.2, 0.25) is 0 Å². The number of ether oxygens (including phenoxy) is 1. The Morgan fingerprint density at radius 2 is 1.67 bits per heavy atom. The SMILES string of the molecule is Cl.O=C(O)COc1ccccc1.c1c[nH]cn1.c1ccc2ncccc2c1. The Hall–Kier alpha value is -3.38. The van der Waals surface area contributed by atoms with E-state index in [1.807, 2.05) is 36.5 Å². The minimum Gasteiger partial charge on any atom is -0.482 e. The van der Waals surface area contributed by atoms with E-state index in [1.54, 1.807) is 43.0 Å². The number of carbonyl (C=O) groups is 1. The second kappa shape index (κ2) is 12.9. The van der Waals surface area contributed by atoms with Crippen molar-refractivity contribution in [1.29, 1.82) is 0 Å². The lowest BCUT2D eigenvalue weighted by Crippen LogP contribution is -2.09. The lowest BCUT2D eigenvalue weighted by atomic mass is 10.2. The first kappa shape index (κ1) is 21.7. The maximum Gasteiger partial charge on any atom is 0.341 e. The van der Waals surface area contributed by atoms with Gasteiger partial charge >= 0.3 is 5.97 Å². The van der Waals surface area contributed by atoms with E-state index >= 15 is 0 Å². The van der Waals surface area contributed by atoms with Gasteiger partial charge in [-0.3, -0.25) is 4.98 Å². The smallest absolute Gasteiger partial charge is 0.341 e. The molecule has 0 atom stereocenters. The van der Waals surface area contributed by atoms with E-state index in [9.17, 15) is 4.79 Å². The fraction of sp³-hybridized carbons (Fsp3) is 0.0500. The Bertz CT molecular complexity index is 805. The average Bonchev–Trinajstić information content (AvgIpc) is 3.28. The molecule has 7 heteroatoms. The summed E-state index contributed by atoms with van der Waals surface area (Å²) in [5, 5.41) is 9.45. The molecule has 0 saturated heterocycles. The third-order valence-electron chi connectivity index (χ3n) is 3.02. The zero-order valence-electron chi connectivity index (χ0n) is 14.4. The fourth-order valence-corrected chi connectivity index (χ4v) is 1.89. The van der Waals surface area contributed by atoms with E-state index in [1.165, 1.54) is 5.39 Å².